The van der Waals surface area contributed by atoms with Crippen molar-refractivity contribution in [1.82, 2.24) is 10.3 Å². The molecule has 0 bridgehead atoms. The van der Waals surface area contributed by atoms with E-state index in [0.29, 0.717) is 50.5 Å². The van der Waals surface area contributed by atoms with Crippen molar-refractivity contribution in [2.45, 2.75) is 6.42 Å². The molecule has 2 N–H and O–H groups in total. The van der Waals surface area contributed by atoms with Gasteiger partial charge in [0.15, 0.2) is 0 Å². The van der Waals surface area contributed by atoms with Crippen molar-refractivity contribution in [2.75, 3.05) is 37.7 Å². The topological polar surface area (TPSA) is 124 Å². The van der Waals surface area contributed by atoms with E-state index in [1.54, 1.807) is 12.1 Å². The minimum atomic E-state index is -0.516. The largest absolute Gasteiger partial charge is 0.378 e. The van der Waals surface area contributed by atoms with Crippen molar-refractivity contribution in [3.63, 3.8) is 0 Å². The summed E-state index contributed by atoms with van der Waals surface area (Å²) in [6.07, 6.45) is 3.89. The summed E-state index contributed by atoms with van der Waals surface area (Å²) >= 11 is 0. The number of anilines is 1. The van der Waals surface area contributed by atoms with Crippen molar-refractivity contribution >= 4 is 34.3 Å². The van der Waals surface area contributed by atoms with E-state index < -0.39 is 10.8 Å². The molecule has 0 atom stereocenters. The lowest BCUT2D eigenvalue weighted by molar-refractivity contribution is -0.384. The number of rotatable bonds is 7. The number of hydrogen-bond donors (Lipinski definition) is 2. The molecule has 9 nitrogen and oxygen atoms in total. The van der Waals surface area contributed by atoms with Crippen LogP contribution in [0.25, 0.3) is 17.0 Å². The summed E-state index contributed by atoms with van der Waals surface area (Å²) in [6.45, 7) is 2.51. The quantitative estimate of drug-likeness (QED) is 0.249. The molecule has 168 valence electrons. The minimum absolute atomic E-state index is 0.0670. The van der Waals surface area contributed by atoms with Gasteiger partial charge in [-0.3, -0.25) is 14.9 Å². The molecule has 1 saturated heterocycles. The third-order valence-corrected chi connectivity index (χ3v) is 5.58. The fourth-order valence-corrected chi connectivity index (χ4v) is 3.91. The number of carbonyl (C=O) groups excluding carboxylic acids is 1. The average molecular weight is 445 g/mol. The van der Waals surface area contributed by atoms with Crippen LogP contribution in [0.4, 0.5) is 11.4 Å². The number of amides is 1. The fourth-order valence-electron chi connectivity index (χ4n) is 3.91. The molecule has 33 heavy (non-hydrogen) atoms. The van der Waals surface area contributed by atoms with Gasteiger partial charge in [-0.05, 0) is 35.8 Å². The number of H-pyrrole nitrogens is 1. The van der Waals surface area contributed by atoms with Crippen LogP contribution in [0.2, 0.25) is 0 Å². The maximum Gasteiger partial charge on any atom is 0.293 e. The van der Waals surface area contributed by atoms with E-state index in [0.717, 1.165) is 16.5 Å². The van der Waals surface area contributed by atoms with Crippen LogP contribution in [0.1, 0.15) is 11.1 Å². The standard InChI is InChI=1S/C24H23N5O4/c25-15-19(24(30)26-8-7-18-16-27-21-4-2-1-3-20(18)21)13-17-5-6-22(23(14-17)29(31)32)28-9-11-33-12-10-28/h1-6,13-14,16,27H,7-12H2,(H,26,30)/b19-13-. The first-order chi connectivity index (χ1) is 16.1. The summed E-state index contributed by atoms with van der Waals surface area (Å²) in [7, 11) is 0. The Morgan fingerprint density at radius 3 is 2.82 bits per heavy atom. The number of nitro benzene ring substituents is 1. The third-order valence-electron chi connectivity index (χ3n) is 5.58. The lowest BCUT2D eigenvalue weighted by Crippen LogP contribution is -2.36. The summed E-state index contributed by atoms with van der Waals surface area (Å²) in [5.74, 6) is -0.516. The molecule has 0 radical (unpaired) electrons. The molecule has 1 aromatic heterocycles. The van der Waals surface area contributed by atoms with Crippen LogP contribution in [-0.4, -0.2) is 48.7 Å². The van der Waals surface area contributed by atoms with Gasteiger partial charge in [-0.25, -0.2) is 0 Å². The van der Waals surface area contributed by atoms with Crippen molar-refractivity contribution in [3.8, 4) is 6.07 Å². The number of aromatic nitrogens is 1. The maximum absolute atomic E-state index is 12.5. The number of nitrogens with one attached hydrogen (secondary N) is 2. The normalized spacial score (nSPS) is 14.2. The summed E-state index contributed by atoms with van der Waals surface area (Å²) in [5.41, 5.74) is 2.84. The molecule has 4 rings (SSSR count). The lowest BCUT2D eigenvalue weighted by Gasteiger charge is -2.28. The van der Waals surface area contributed by atoms with Crippen LogP contribution in [0.5, 0.6) is 0 Å². The Morgan fingerprint density at radius 2 is 2.06 bits per heavy atom. The number of carbonyl (C=O) groups is 1. The van der Waals surface area contributed by atoms with E-state index in [-0.39, 0.29) is 11.3 Å². The average Bonchev–Trinajstić information content (AvgIpc) is 3.26. The Balaban J connectivity index is 1.46. The summed E-state index contributed by atoms with van der Waals surface area (Å²) < 4.78 is 5.31. The van der Waals surface area contributed by atoms with Crippen LogP contribution < -0.4 is 10.2 Å². The molecule has 1 aliphatic rings. The molecule has 1 amide bonds. The van der Waals surface area contributed by atoms with Gasteiger partial charge in [-0.2, -0.15) is 5.26 Å². The number of fused-ring (bicyclic) bond motifs is 1. The van der Waals surface area contributed by atoms with Crippen LogP contribution in [0.3, 0.4) is 0 Å². The molecule has 0 spiro atoms. The van der Waals surface area contributed by atoms with Gasteiger partial charge in [-0.1, -0.05) is 24.3 Å². The van der Waals surface area contributed by atoms with Crippen molar-refractivity contribution in [1.29, 1.82) is 5.26 Å². The second kappa shape index (κ2) is 9.97. The Bertz CT molecular complexity index is 1250. The highest BCUT2D eigenvalue weighted by Crippen LogP contribution is 2.30. The predicted molar refractivity (Wildman–Crippen MR) is 125 cm³/mol. The van der Waals surface area contributed by atoms with E-state index in [2.05, 4.69) is 10.3 Å². The number of nitrogens with zero attached hydrogens (tertiary/aromatic N) is 3. The van der Waals surface area contributed by atoms with Crippen molar-refractivity contribution in [3.05, 3.63) is 75.5 Å². The van der Waals surface area contributed by atoms with Crippen molar-refractivity contribution < 1.29 is 14.5 Å². The van der Waals surface area contributed by atoms with Gasteiger partial charge < -0.3 is 19.9 Å². The SMILES string of the molecule is N#C/C(=C/c1ccc(N2CCOCC2)c([N+](=O)[O-])c1)C(=O)NCCc1c[nH]c2ccccc12. The zero-order valence-electron chi connectivity index (χ0n) is 17.9. The minimum Gasteiger partial charge on any atom is -0.378 e. The van der Waals surface area contributed by atoms with Gasteiger partial charge in [-0.15, -0.1) is 0 Å². The molecule has 2 heterocycles. The number of nitriles is 1. The predicted octanol–water partition coefficient (Wildman–Crippen LogP) is 3.18. The van der Waals surface area contributed by atoms with Crippen LogP contribution >= 0.6 is 0 Å². The summed E-state index contributed by atoms with van der Waals surface area (Å²) in [5, 5.41) is 25.0. The highest BCUT2D eigenvalue weighted by atomic mass is 16.6. The first kappa shape index (κ1) is 22.0. The smallest absolute Gasteiger partial charge is 0.293 e. The first-order valence-electron chi connectivity index (χ1n) is 10.6. The highest BCUT2D eigenvalue weighted by Gasteiger charge is 2.22. The summed E-state index contributed by atoms with van der Waals surface area (Å²) in [4.78, 5) is 28.8. The molecular weight excluding hydrogens is 422 g/mol. The van der Waals surface area contributed by atoms with Crippen LogP contribution in [0.15, 0.2) is 54.2 Å². The molecule has 0 aliphatic carbocycles. The molecule has 9 heteroatoms. The second-order valence-electron chi connectivity index (χ2n) is 7.64. The maximum atomic E-state index is 12.5. The monoisotopic (exact) mass is 445 g/mol. The zero-order valence-corrected chi connectivity index (χ0v) is 17.9. The highest BCUT2D eigenvalue weighted by molar-refractivity contribution is 6.01. The Morgan fingerprint density at radius 1 is 1.27 bits per heavy atom. The Kier molecular flexibility index (Phi) is 6.66. The molecule has 2 aromatic carbocycles. The number of para-hydroxylation sites is 1. The zero-order chi connectivity index (χ0) is 23.2. The van der Waals surface area contributed by atoms with Gasteiger partial charge in [0.25, 0.3) is 11.6 Å². The summed E-state index contributed by atoms with van der Waals surface area (Å²) in [6, 6.07) is 14.5. The van der Waals surface area contributed by atoms with E-state index in [1.165, 1.54) is 12.1 Å². The lowest BCUT2D eigenvalue weighted by atomic mass is 10.1. The van der Waals surface area contributed by atoms with Crippen LogP contribution in [0, 0.1) is 21.4 Å². The molecule has 0 unspecified atom stereocenters. The van der Waals surface area contributed by atoms with Gasteiger partial charge in [0.05, 0.1) is 18.1 Å². The molecular formula is C24H23N5O4. The van der Waals surface area contributed by atoms with E-state index in [9.17, 15) is 20.2 Å². The van der Waals surface area contributed by atoms with Gasteiger partial charge in [0.1, 0.15) is 17.3 Å². The fraction of sp³-hybridized carbons (Fsp3) is 0.250. The number of morpholine rings is 1. The molecule has 3 aromatic rings. The number of nitro groups is 1. The van der Waals surface area contributed by atoms with Gasteiger partial charge >= 0.3 is 0 Å². The molecule has 1 fully saturated rings. The number of ether oxygens (including phenoxy) is 1. The Hall–Kier alpha value is -4.16. The molecule has 1 aliphatic heterocycles. The third kappa shape index (κ3) is 5.02. The van der Waals surface area contributed by atoms with E-state index >= 15 is 0 Å². The Labute approximate surface area is 190 Å². The second-order valence-corrected chi connectivity index (χ2v) is 7.64. The van der Waals surface area contributed by atoms with Crippen molar-refractivity contribution in [2.24, 2.45) is 0 Å². The van der Waals surface area contributed by atoms with Gasteiger partial charge in [0, 0.05) is 42.8 Å². The molecule has 0 saturated carbocycles. The van der Waals surface area contributed by atoms with E-state index in [4.69, 9.17) is 4.74 Å². The van der Waals surface area contributed by atoms with Crippen LogP contribution in [-0.2, 0) is 16.0 Å². The number of benzene rings is 2. The first-order valence-corrected chi connectivity index (χ1v) is 10.6. The number of aromatic amines is 1. The number of hydrogen-bond acceptors (Lipinski definition) is 6. The van der Waals surface area contributed by atoms with E-state index in [1.807, 2.05) is 41.4 Å². The van der Waals surface area contributed by atoms with Gasteiger partial charge in [0.2, 0.25) is 0 Å².